The zero-order chi connectivity index (χ0) is 17.9. The highest BCUT2D eigenvalue weighted by Gasteiger charge is 2.23. The third-order valence-corrected chi connectivity index (χ3v) is 5.48. The van der Waals surface area contributed by atoms with Crippen LogP contribution in [0.1, 0.15) is 41.5 Å². The first-order valence-corrected chi connectivity index (χ1v) is 9.54. The van der Waals surface area contributed by atoms with Crippen LogP contribution < -0.4 is 16.4 Å². The van der Waals surface area contributed by atoms with Crippen molar-refractivity contribution in [3.05, 3.63) is 47.2 Å². The van der Waals surface area contributed by atoms with E-state index in [4.69, 9.17) is 5.73 Å². The summed E-state index contributed by atoms with van der Waals surface area (Å²) in [4.78, 5) is 25.2. The number of anilines is 1. The van der Waals surface area contributed by atoms with Crippen LogP contribution in [0.3, 0.4) is 0 Å². The molecule has 1 aliphatic rings. The van der Waals surface area contributed by atoms with Crippen LogP contribution in [0.4, 0.5) is 5.95 Å². The van der Waals surface area contributed by atoms with E-state index in [1.54, 1.807) is 6.20 Å². The zero-order valence-electron chi connectivity index (χ0n) is 14.2. The van der Waals surface area contributed by atoms with E-state index in [-0.39, 0.29) is 11.7 Å². The summed E-state index contributed by atoms with van der Waals surface area (Å²) >= 11 is 1.42. The Kier molecular flexibility index (Phi) is 4.77. The maximum absolute atomic E-state index is 11.8. The van der Waals surface area contributed by atoms with Crippen molar-refractivity contribution in [1.29, 1.82) is 0 Å². The van der Waals surface area contributed by atoms with E-state index in [1.165, 1.54) is 17.8 Å². The molecular weight excluding hydrogens is 348 g/mol. The average Bonchev–Trinajstić information content (AvgIpc) is 3.32. The van der Waals surface area contributed by atoms with Gasteiger partial charge in [0.1, 0.15) is 0 Å². The highest BCUT2D eigenvalue weighted by atomic mass is 32.1. The molecule has 134 valence electrons. The van der Waals surface area contributed by atoms with Crippen LogP contribution in [0.15, 0.2) is 35.8 Å². The molecule has 3 aromatic rings. The highest BCUT2D eigenvalue weighted by Crippen LogP contribution is 2.27. The van der Waals surface area contributed by atoms with Gasteiger partial charge in [0, 0.05) is 12.2 Å². The molecule has 0 radical (unpaired) electrons. The molecule has 0 aromatic carbocycles. The minimum atomic E-state index is -0.547. The van der Waals surface area contributed by atoms with Crippen LogP contribution in [-0.2, 0) is 0 Å². The number of primary amides is 1. The number of nitrogens with zero attached hydrogens (tertiary/aromatic N) is 3. The number of carbonyl (C=O) groups excluding carboxylic acids is 1. The summed E-state index contributed by atoms with van der Waals surface area (Å²) in [5.41, 5.74) is 7.41. The first-order chi connectivity index (χ1) is 12.7. The van der Waals surface area contributed by atoms with Gasteiger partial charge >= 0.3 is 0 Å². The third-order valence-electron chi connectivity index (χ3n) is 4.57. The van der Waals surface area contributed by atoms with Gasteiger partial charge in [0.2, 0.25) is 5.95 Å². The predicted octanol–water partition coefficient (Wildman–Crippen LogP) is 2.48. The number of carbonyl (C=O) groups is 1. The lowest BCUT2D eigenvalue weighted by atomic mass is 10.0. The van der Waals surface area contributed by atoms with E-state index in [2.05, 4.69) is 25.6 Å². The lowest BCUT2D eigenvalue weighted by molar-refractivity contribution is 0.0997. The molecule has 1 amide bonds. The number of hydrogen-bond donors (Lipinski definition) is 3. The van der Waals surface area contributed by atoms with E-state index in [0.717, 1.165) is 35.3 Å². The molecule has 7 nitrogen and oxygen atoms in total. The van der Waals surface area contributed by atoms with Crippen molar-refractivity contribution in [3.63, 3.8) is 0 Å². The van der Waals surface area contributed by atoms with Gasteiger partial charge in [-0.2, -0.15) is 0 Å². The maximum atomic E-state index is 11.8. The van der Waals surface area contributed by atoms with Gasteiger partial charge in [-0.15, -0.1) is 11.3 Å². The fourth-order valence-corrected chi connectivity index (χ4v) is 4.15. The number of aromatic nitrogens is 3. The van der Waals surface area contributed by atoms with Crippen LogP contribution in [0.25, 0.3) is 10.2 Å². The van der Waals surface area contributed by atoms with Gasteiger partial charge in [-0.1, -0.05) is 6.07 Å². The molecule has 1 aliphatic heterocycles. The van der Waals surface area contributed by atoms with E-state index in [0.29, 0.717) is 12.0 Å². The van der Waals surface area contributed by atoms with Crippen molar-refractivity contribution in [1.82, 2.24) is 20.3 Å². The standard InChI is InChI=1S/C18H20N6OS/c19-17(25)15-16-13(6-9-26-16)22-18(24-15)23-14(10-11-4-3-8-20-11)12-5-1-2-7-21-12/h1-2,5-7,9,11,14,20H,3-4,8,10H2,(H2,19,25)(H,22,23,24). The van der Waals surface area contributed by atoms with E-state index in [9.17, 15) is 4.79 Å². The van der Waals surface area contributed by atoms with Crippen LogP contribution in [0.5, 0.6) is 0 Å². The molecule has 4 N–H and O–H groups in total. The van der Waals surface area contributed by atoms with Gasteiger partial charge in [0.15, 0.2) is 5.69 Å². The lowest BCUT2D eigenvalue weighted by Gasteiger charge is -2.22. The largest absolute Gasteiger partial charge is 0.364 e. The normalized spacial score (nSPS) is 18.1. The molecule has 0 saturated carbocycles. The Bertz CT molecular complexity index is 906. The summed E-state index contributed by atoms with van der Waals surface area (Å²) in [6.45, 7) is 1.04. The minimum absolute atomic E-state index is 0.0522. The maximum Gasteiger partial charge on any atom is 0.269 e. The summed E-state index contributed by atoms with van der Waals surface area (Å²) in [6.07, 6.45) is 4.97. The first kappa shape index (κ1) is 16.9. The van der Waals surface area contributed by atoms with Gasteiger partial charge < -0.3 is 16.4 Å². The van der Waals surface area contributed by atoms with Crippen LogP contribution in [-0.4, -0.2) is 33.4 Å². The molecule has 26 heavy (non-hydrogen) atoms. The van der Waals surface area contributed by atoms with Gasteiger partial charge in [0.05, 0.1) is 22.0 Å². The summed E-state index contributed by atoms with van der Waals surface area (Å²) in [5.74, 6) is -0.145. The second-order valence-corrected chi connectivity index (χ2v) is 7.29. The topological polar surface area (TPSA) is 106 Å². The zero-order valence-corrected chi connectivity index (χ0v) is 15.0. The number of thiophene rings is 1. The fourth-order valence-electron chi connectivity index (χ4n) is 3.33. The Labute approximate surface area is 155 Å². The Morgan fingerprint density at radius 3 is 3.04 bits per heavy atom. The van der Waals surface area contributed by atoms with Crippen molar-refractivity contribution in [2.75, 3.05) is 11.9 Å². The molecule has 3 aromatic heterocycles. The molecule has 8 heteroatoms. The average molecular weight is 368 g/mol. The number of amides is 1. The monoisotopic (exact) mass is 368 g/mol. The van der Waals surface area contributed by atoms with Crippen LogP contribution in [0, 0.1) is 0 Å². The number of pyridine rings is 1. The number of nitrogens with two attached hydrogens (primary N) is 1. The minimum Gasteiger partial charge on any atom is -0.364 e. The first-order valence-electron chi connectivity index (χ1n) is 8.66. The molecular formula is C18H20N6OS. The molecule has 0 bridgehead atoms. The molecule has 0 aliphatic carbocycles. The fraction of sp³-hybridized carbons (Fsp3) is 0.333. The van der Waals surface area contributed by atoms with Crippen LogP contribution >= 0.6 is 11.3 Å². The number of hydrogen-bond acceptors (Lipinski definition) is 7. The van der Waals surface area contributed by atoms with Gasteiger partial charge in [-0.25, -0.2) is 9.97 Å². The Morgan fingerprint density at radius 2 is 2.31 bits per heavy atom. The van der Waals surface area contributed by atoms with Gasteiger partial charge in [0.25, 0.3) is 5.91 Å². The van der Waals surface area contributed by atoms with Gasteiger partial charge in [-0.05, 0) is 49.4 Å². The quantitative estimate of drug-likeness (QED) is 0.617. The molecule has 2 unspecified atom stereocenters. The van der Waals surface area contributed by atoms with Crippen molar-refractivity contribution < 1.29 is 4.79 Å². The lowest BCUT2D eigenvalue weighted by Crippen LogP contribution is -2.27. The van der Waals surface area contributed by atoms with Crippen molar-refractivity contribution >= 4 is 33.4 Å². The Balaban J connectivity index is 1.66. The number of nitrogens with one attached hydrogen (secondary N) is 2. The van der Waals surface area contributed by atoms with E-state index < -0.39 is 5.91 Å². The third kappa shape index (κ3) is 3.51. The van der Waals surface area contributed by atoms with Gasteiger partial charge in [-0.3, -0.25) is 9.78 Å². The van der Waals surface area contributed by atoms with Crippen molar-refractivity contribution in [2.45, 2.75) is 31.3 Å². The molecule has 0 spiro atoms. The second kappa shape index (κ2) is 7.35. The summed E-state index contributed by atoms with van der Waals surface area (Å²) in [5, 5.41) is 8.77. The second-order valence-electron chi connectivity index (χ2n) is 6.38. The SMILES string of the molecule is NC(=O)c1nc(NC(CC2CCCN2)c2ccccn2)nc2ccsc12. The summed E-state index contributed by atoms with van der Waals surface area (Å²) < 4.78 is 0.717. The highest BCUT2D eigenvalue weighted by molar-refractivity contribution is 7.17. The van der Waals surface area contributed by atoms with E-state index in [1.807, 2.05) is 29.6 Å². The molecule has 1 saturated heterocycles. The number of rotatable bonds is 6. The summed E-state index contributed by atoms with van der Waals surface area (Å²) in [7, 11) is 0. The molecule has 4 heterocycles. The molecule has 2 atom stereocenters. The molecule has 1 fully saturated rings. The Morgan fingerprint density at radius 1 is 1.38 bits per heavy atom. The number of fused-ring (bicyclic) bond motifs is 1. The predicted molar refractivity (Wildman–Crippen MR) is 102 cm³/mol. The molecule has 4 rings (SSSR count). The Hall–Kier alpha value is -2.58. The smallest absolute Gasteiger partial charge is 0.269 e. The van der Waals surface area contributed by atoms with Crippen LogP contribution in [0.2, 0.25) is 0 Å². The van der Waals surface area contributed by atoms with E-state index >= 15 is 0 Å². The summed E-state index contributed by atoms with van der Waals surface area (Å²) in [6, 6.07) is 8.10. The van der Waals surface area contributed by atoms with Crippen molar-refractivity contribution in [3.8, 4) is 0 Å². The van der Waals surface area contributed by atoms with Crippen molar-refractivity contribution in [2.24, 2.45) is 5.73 Å².